The summed E-state index contributed by atoms with van der Waals surface area (Å²) in [5.41, 5.74) is 0. The fourth-order valence-electron chi connectivity index (χ4n) is 3.53. The van der Waals surface area contributed by atoms with E-state index in [2.05, 4.69) is 6.92 Å². The molecule has 0 atom stereocenters. The molecule has 0 spiro atoms. The van der Waals surface area contributed by atoms with E-state index in [1.165, 1.54) is 94.8 Å². The van der Waals surface area contributed by atoms with Gasteiger partial charge in [-0.05, 0) is 25.3 Å². The number of hydrogen-bond donors (Lipinski definition) is 0. The zero-order valence-electron chi connectivity index (χ0n) is 20.6. The van der Waals surface area contributed by atoms with Gasteiger partial charge >= 0.3 is 29.6 Å². The van der Waals surface area contributed by atoms with Gasteiger partial charge in [0, 0.05) is 19.3 Å². The molecule has 0 bridgehead atoms. The monoisotopic (exact) mass is 467 g/mol. The smallest absolute Gasteiger partial charge is 0.748 e. The molecule has 0 aromatic rings. The van der Waals surface area contributed by atoms with Crippen molar-refractivity contribution in [2.45, 2.75) is 116 Å². The van der Waals surface area contributed by atoms with Gasteiger partial charge in [-0.1, -0.05) is 103 Å². The summed E-state index contributed by atoms with van der Waals surface area (Å²) in [5.74, 6) is -0.563. The number of nitrogens with zero attached hydrogens (tertiary/aromatic N) is 1. The van der Waals surface area contributed by atoms with Gasteiger partial charge in [-0.15, -0.1) is 0 Å². The first-order valence-electron chi connectivity index (χ1n) is 12.2. The molecule has 0 saturated carbocycles. The standard InChI is InChI=1S/C24H47NO4S.Na/c1-3-4-5-6-7-8-9-10-11-12-13-14-15-16-17-18-19-21-24(26)25(2)22-20-23-30(27,28)29;/h19,21H,3-18,20,22-23H2,1-2H3,(H,27,28,29);/q;+1/p-1/b21-19+;. The van der Waals surface area contributed by atoms with Crippen molar-refractivity contribution in [3.63, 3.8) is 0 Å². The van der Waals surface area contributed by atoms with Crippen LogP contribution in [0.5, 0.6) is 0 Å². The summed E-state index contributed by atoms with van der Waals surface area (Å²) < 4.78 is 31.7. The summed E-state index contributed by atoms with van der Waals surface area (Å²) in [6, 6.07) is 0. The number of amides is 1. The van der Waals surface area contributed by atoms with E-state index < -0.39 is 15.9 Å². The number of carbonyl (C=O) groups excluding carboxylic acids is 1. The summed E-state index contributed by atoms with van der Waals surface area (Å²) in [7, 11) is -2.57. The zero-order chi connectivity index (χ0) is 22.5. The molecular formula is C24H46NNaO4S. The molecule has 0 aliphatic heterocycles. The van der Waals surface area contributed by atoms with E-state index in [0.717, 1.165) is 12.8 Å². The fraction of sp³-hybridized carbons (Fsp3) is 0.875. The number of hydrogen-bond acceptors (Lipinski definition) is 4. The van der Waals surface area contributed by atoms with Gasteiger partial charge in [0.2, 0.25) is 5.91 Å². The van der Waals surface area contributed by atoms with Crippen LogP contribution in [-0.2, 0) is 14.9 Å². The predicted molar refractivity (Wildman–Crippen MR) is 126 cm³/mol. The van der Waals surface area contributed by atoms with E-state index in [1.807, 2.05) is 6.08 Å². The van der Waals surface area contributed by atoms with E-state index in [9.17, 15) is 17.8 Å². The third-order valence-corrected chi connectivity index (χ3v) is 6.29. The molecule has 31 heavy (non-hydrogen) atoms. The van der Waals surface area contributed by atoms with Crippen molar-refractivity contribution in [3.8, 4) is 0 Å². The van der Waals surface area contributed by atoms with Gasteiger partial charge in [0.15, 0.2) is 0 Å². The Bertz CT molecular complexity index is 538. The van der Waals surface area contributed by atoms with Gasteiger partial charge in [-0.2, -0.15) is 0 Å². The molecule has 0 rings (SSSR count). The molecule has 0 heterocycles. The van der Waals surface area contributed by atoms with Gasteiger partial charge in [-0.25, -0.2) is 8.42 Å². The first-order valence-corrected chi connectivity index (χ1v) is 13.8. The van der Waals surface area contributed by atoms with Crippen LogP contribution >= 0.6 is 0 Å². The van der Waals surface area contributed by atoms with E-state index in [4.69, 9.17) is 0 Å². The van der Waals surface area contributed by atoms with Crippen molar-refractivity contribution in [1.29, 1.82) is 0 Å². The molecular weight excluding hydrogens is 421 g/mol. The molecule has 7 heteroatoms. The second-order valence-corrected chi connectivity index (χ2v) is 10.0. The molecule has 0 aliphatic rings. The predicted octanol–water partition coefficient (Wildman–Crippen LogP) is 3.20. The van der Waals surface area contributed by atoms with Crippen LogP contribution < -0.4 is 29.6 Å². The summed E-state index contributed by atoms with van der Waals surface area (Å²) in [4.78, 5) is 13.3. The van der Waals surface area contributed by atoms with Crippen molar-refractivity contribution in [2.75, 3.05) is 19.3 Å². The second kappa shape index (κ2) is 23.3. The molecule has 0 saturated heterocycles. The summed E-state index contributed by atoms with van der Waals surface area (Å²) in [5, 5.41) is 0. The van der Waals surface area contributed by atoms with Gasteiger partial charge in [-0.3, -0.25) is 4.79 Å². The molecule has 0 aromatic carbocycles. The molecule has 0 aliphatic carbocycles. The van der Waals surface area contributed by atoms with Crippen LogP contribution in [0.4, 0.5) is 0 Å². The molecule has 5 nitrogen and oxygen atoms in total. The Hall–Kier alpha value is 0.120. The van der Waals surface area contributed by atoms with Gasteiger partial charge in [0.1, 0.15) is 0 Å². The van der Waals surface area contributed by atoms with E-state index in [-0.39, 0.29) is 48.4 Å². The number of likely N-dealkylation sites (N-methyl/N-ethyl adjacent to an activating group) is 1. The van der Waals surface area contributed by atoms with Crippen molar-refractivity contribution in [2.24, 2.45) is 0 Å². The van der Waals surface area contributed by atoms with E-state index in [1.54, 1.807) is 13.1 Å². The quantitative estimate of drug-likeness (QED) is 0.112. The van der Waals surface area contributed by atoms with Crippen molar-refractivity contribution < 1.29 is 47.3 Å². The van der Waals surface area contributed by atoms with Gasteiger partial charge < -0.3 is 9.45 Å². The normalized spacial score (nSPS) is 11.6. The van der Waals surface area contributed by atoms with Crippen molar-refractivity contribution in [3.05, 3.63) is 12.2 Å². The third-order valence-electron chi connectivity index (χ3n) is 5.50. The molecule has 0 N–H and O–H groups in total. The van der Waals surface area contributed by atoms with Gasteiger partial charge in [0.25, 0.3) is 0 Å². The maximum Gasteiger partial charge on any atom is 1.00 e. The minimum atomic E-state index is -4.20. The number of unbranched alkanes of at least 4 members (excludes halogenated alkanes) is 15. The van der Waals surface area contributed by atoms with Crippen LogP contribution in [0.1, 0.15) is 116 Å². The van der Waals surface area contributed by atoms with Crippen molar-refractivity contribution in [1.82, 2.24) is 4.90 Å². The number of rotatable bonds is 21. The minimum absolute atomic E-state index is 0. The van der Waals surface area contributed by atoms with Crippen molar-refractivity contribution >= 4 is 16.0 Å². The van der Waals surface area contributed by atoms with Crippen LogP contribution in [-0.4, -0.2) is 43.1 Å². The topological polar surface area (TPSA) is 77.5 Å². The molecule has 1 amide bonds. The summed E-state index contributed by atoms with van der Waals surface area (Å²) >= 11 is 0. The van der Waals surface area contributed by atoms with Crippen LogP contribution in [0.15, 0.2) is 12.2 Å². The molecule has 0 radical (unpaired) electrons. The summed E-state index contributed by atoms with van der Waals surface area (Å²) in [6.07, 6.45) is 24.7. The average molecular weight is 468 g/mol. The number of allylic oxidation sites excluding steroid dienone is 1. The molecule has 178 valence electrons. The number of carbonyl (C=O) groups is 1. The molecule has 0 aromatic heterocycles. The average Bonchev–Trinajstić information content (AvgIpc) is 2.69. The molecule has 0 fully saturated rings. The maximum atomic E-state index is 11.9. The van der Waals surface area contributed by atoms with Crippen LogP contribution in [0.3, 0.4) is 0 Å². The van der Waals surface area contributed by atoms with Gasteiger partial charge in [0.05, 0.1) is 10.1 Å². The largest absolute Gasteiger partial charge is 1.00 e. The molecule has 0 unspecified atom stereocenters. The van der Waals surface area contributed by atoms with Crippen LogP contribution in [0, 0.1) is 0 Å². The van der Waals surface area contributed by atoms with E-state index >= 15 is 0 Å². The van der Waals surface area contributed by atoms with Crippen LogP contribution in [0.25, 0.3) is 0 Å². The fourth-order valence-corrected chi connectivity index (χ4v) is 4.02. The van der Waals surface area contributed by atoms with E-state index in [0.29, 0.717) is 0 Å². The maximum absolute atomic E-state index is 11.9. The minimum Gasteiger partial charge on any atom is -0.748 e. The Morgan fingerprint density at radius 2 is 1.19 bits per heavy atom. The third kappa shape index (κ3) is 26.3. The zero-order valence-corrected chi connectivity index (χ0v) is 23.4. The first-order chi connectivity index (χ1) is 14.4. The Kier molecular flexibility index (Phi) is 25.0. The SMILES string of the molecule is CCCCCCCCCCCCCCCCC/C=C/C(=O)N(C)CCCS(=O)(=O)[O-].[Na+]. The Balaban J connectivity index is 0. The Morgan fingerprint density at radius 1 is 0.774 bits per heavy atom. The van der Waals surface area contributed by atoms with Crippen LogP contribution in [0.2, 0.25) is 0 Å². The first kappa shape index (κ1) is 33.3. The Labute approximate surface area is 214 Å². The second-order valence-electron chi connectivity index (χ2n) is 8.52. The summed E-state index contributed by atoms with van der Waals surface area (Å²) in [6.45, 7) is 2.55. The Morgan fingerprint density at radius 3 is 1.61 bits per heavy atom.